The number of nitrogens with one attached hydrogen (secondary N) is 1. The first kappa shape index (κ1) is 49.1. The zero-order valence-electron chi connectivity index (χ0n) is 34.7. The summed E-state index contributed by atoms with van der Waals surface area (Å²) in [6.07, 6.45) is 1.62. The van der Waals surface area contributed by atoms with E-state index in [1.807, 2.05) is 60.5 Å². The molecule has 2 aromatic rings. The van der Waals surface area contributed by atoms with E-state index in [-0.39, 0.29) is 60.3 Å². The predicted molar refractivity (Wildman–Crippen MR) is 217 cm³/mol. The summed E-state index contributed by atoms with van der Waals surface area (Å²) in [5.74, 6) is -4.58. The maximum absolute atomic E-state index is 14.2. The van der Waals surface area contributed by atoms with Crippen LogP contribution in [-0.4, -0.2) is 105 Å². The first-order chi connectivity index (χ1) is 26.4. The molecule has 0 aliphatic heterocycles. The van der Waals surface area contributed by atoms with Gasteiger partial charge in [-0.1, -0.05) is 67.0 Å². The smallest absolute Gasteiger partial charge is 0.481 e. The fraction of sp³-hybridized carbons (Fsp3) is 0.615. The molecule has 3 amide bonds. The second-order valence-electron chi connectivity index (χ2n) is 15.4. The number of amides is 3. The molecule has 1 aromatic heterocycles. The molecule has 0 fully saturated rings. The van der Waals surface area contributed by atoms with Gasteiger partial charge in [0.15, 0.2) is 6.10 Å². The molecule has 16 nitrogen and oxygen atoms in total. The van der Waals surface area contributed by atoms with Crippen LogP contribution < -0.4 is 9.84 Å². The maximum Gasteiger partial charge on any atom is 0.524 e. The van der Waals surface area contributed by atoms with Crippen molar-refractivity contribution in [2.45, 2.75) is 105 Å². The van der Waals surface area contributed by atoms with Crippen molar-refractivity contribution in [1.29, 1.82) is 0 Å². The fourth-order valence-corrected chi connectivity index (χ4v) is 7.80. The number of hydrogen-bond acceptors (Lipinski definition) is 11. The van der Waals surface area contributed by atoms with Crippen molar-refractivity contribution in [3.63, 3.8) is 0 Å². The van der Waals surface area contributed by atoms with E-state index < -0.39 is 61.7 Å². The third-order valence-corrected chi connectivity index (χ3v) is 11.2. The highest BCUT2D eigenvalue weighted by Crippen LogP contribution is 2.37. The van der Waals surface area contributed by atoms with Crippen LogP contribution in [0.5, 0.6) is 5.75 Å². The number of aliphatic imine (C=N–C) groups is 1. The van der Waals surface area contributed by atoms with Crippen molar-refractivity contribution in [3.05, 3.63) is 45.9 Å². The average Bonchev–Trinajstić information content (AvgIpc) is 3.60. The lowest BCUT2D eigenvalue weighted by atomic mass is 9.89. The van der Waals surface area contributed by atoms with Gasteiger partial charge in [0, 0.05) is 44.1 Å². The number of esters is 1. The van der Waals surface area contributed by atoms with Crippen LogP contribution >= 0.6 is 19.2 Å². The molecule has 7 atom stereocenters. The van der Waals surface area contributed by atoms with E-state index >= 15 is 0 Å². The zero-order valence-corrected chi connectivity index (χ0v) is 36.5. The van der Waals surface area contributed by atoms with Crippen LogP contribution in [0.25, 0.3) is 0 Å². The van der Waals surface area contributed by atoms with E-state index in [2.05, 4.69) is 19.8 Å². The van der Waals surface area contributed by atoms with E-state index in [0.717, 1.165) is 11.3 Å². The minimum atomic E-state index is -4.76. The number of carboxylic acid groups (broad SMARTS) is 1. The largest absolute Gasteiger partial charge is 0.524 e. The summed E-state index contributed by atoms with van der Waals surface area (Å²) >= 11 is 1.10. The molecule has 318 valence electrons. The Morgan fingerprint density at radius 1 is 0.982 bits per heavy atom. The zero-order chi connectivity index (χ0) is 43.4. The fourth-order valence-electron chi connectivity index (χ4n) is 6.56. The van der Waals surface area contributed by atoms with Crippen molar-refractivity contribution < 1.29 is 52.7 Å². The molecule has 0 saturated carbocycles. The number of thiazole rings is 1. The monoisotopic (exact) mass is 837 g/mol. The highest BCUT2D eigenvalue weighted by Gasteiger charge is 2.35. The third-order valence-electron chi connectivity index (χ3n) is 9.78. The number of rotatable bonds is 22. The SMILES string of the molecule is CC[C@H](C)C(/C=N/C(=O)C(C(C)C)N(C)C)C(=O)N(C)[C@H](C[C@@H](OC(C)=O)c1nc(C(=O)N[C@@H](Cc2ccc(OP(=O)(O)O)cc2)CC(C)C(=O)O)cs1)C(C)C. The Bertz CT molecular complexity index is 1740. The summed E-state index contributed by atoms with van der Waals surface area (Å²) in [4.78, 5) is 95.3. The number of phosphoric acid groups is 1. The summed E-state index contributed by atoms with van der Waals surface area (Å²) < 4.78 is 21.5. The van der Waals surface area contributed by atoms with Crippen molar-refractivity contribution >= 4 is 55.0 Å². The third kappa shape index (κ3) is 15.7. The maximum atomic E-state index is 14.2. The Labute approximate surface area is 339 Å². The van der Waals surface area contributed by atoms with Gasteiger partial charge in [0.1, 0.15) is 16.5 Å². The number of phosphoric ester groups is 1. The Balaban J connectivity index is 2.36. The van der Waals surface area contributed by atoms with Gasteiger partial charge < -0.3 is 24.6 Å². The van der Waals surface area contributed by atoms with Crippen LogP contribution in [0.2, 0.25) is 0 Å². The van der Waals surface area contributed by atoms with Gasteiger partial charge in [-0.05, 0) is 62.4 Å². The summed E-state index contributed by atoms with van der Waals surface area (Å²) in [6, 6.07) is 4.26. The normalized spacial score (nSPS) is 15.8. The number of aliphatic carboxylic acids is 1. The molecule has 1 heterocycles. The molecule has 0 aliphatic carbocycles. The number of carbonyl (C=O) groups excluding carboxylic acids is 4. The van der Waals surface area contributed by atoms with Gasteiger partial charge in [0.05, 0.1) is 17.9 Å². The number of carboxylic acids is 1. The van der Waals surface area contributed by atoms with Gasteiger partial charge >= 0.3 is 19.8 Å². The lowest BCUT2D eigenvalue weighted by molar-refractivity contribution is -0.148. The van der Waals surface area contributed by atoms with E-state index in [1.165, 1.54) is 37.6 Å². The molecule has 1 aromatic carbocycles. The molecule has 4 N–H and O–H groups in total. The number of ether oxygens (including phenoxy) is 1. The second-order valence-corrected chi connectivity index (χ2v) is 17.5. The van der Waals surface area contributed by atoms with Crippen molar-refractivity contribution in [1.82, 2.24) is 20.1 Å². The van der Waals surface area contributed by atoms with Crippen LogP contribution in [0.15, 0.2) is 34.6 Å². The first-order valence-corrected chi connectivity index (χ1v) is 21.4. The molecule has 57 heavy (non-hydrogen) atoms. The van der Waals surface area contributed by atoms with Gasteiger partial charge in [-0.15, -0.1) is 11.3 Å². The number of aromatic nitrogens is 1. The number of nitrogens with zero attached hydrogens (tertiary/aromatic N) is 4. The highest BCUT2D eigenvalue weighted by atomic mass is 32.1. The van der Waals surface area contributed by atoms with Gasteiger partial charge in [-0.2, -0.15) is 0 Å². The molecular weight excluding hydrogens is 777 g/mol. The van der Waals surface area contributed by atoms with E-state index in [0.29, 0.717) is 17.0 Å². The van der Waals surface area contributed by atoms with E-state index in [1.54, 1.807) is 24.1 Å². The van der Waals surface area contributed by atoms with Crippen molar-refractivity contribution in [3.8, 4) is 5.75 Å². The van der Waals surface area contributed by atoms with Gasteiger partial charge in [-0.25, -0.2) is 14.5 Å². The number of benzene rings is 1. The topological polar surface area (TPSA) is 225 Å². The quantitative estimate of drug-likeness (QED) is 0.0664. The van der Waals surface area contributed by atoms with Crippen LogP contribution in [0.3, 0.4) is 0 Å². The summed E-state index contributed by atoms with van der Waals surface area (Å²) in [5, 5.41) is 14.3. The lowest BCUT2D eigenvalue weighted by Gasteiger charge is -2.36. The van der Waals surface area contributed by atoms with Gasteiger partial charge in [-0.3, -0.25) is 38.7 Å². The molecule has 18 heteroatoms. The molecule has 0 bridgehead atoms. The molecule has 0 radical (unpaired) electrons. The Kier molecular flexibility index (Phi) is 19.1. The first-order valence-electron chi connectivity index (χ1n) is 19.0. The van der Waals surface area contributed by atoms with E-state index in [9.17, 15) is 33.6 Å². The molecule has 0 aliphatic rings. The molecular formula is C39H60N5O11PS. The average molecular weight is 838 g/mol. The summed E-state index contributed by atoms with van der Waals surface area (Å²) in [7, 11) is 0.543. The Morgan fingerprint density at radius 2 is 1.60 bits per heavy atom. The minimum absolute atomic E-state index is 0.0128. The predicted octanol–water partition coefficient (Wildman–Crippen LogP) is 5.39. The lowest BCUT2D eigenvalue weighted by Crippen LogP contribution is -2.46. The standard InChI is InChI=1S/C39H60N5O11PS/c1-12-24(6)30(20-40-36(47)34(23(4)5)43(9)10)38(48)44(11)32(22(2)3)19-33(54-26(8)45)37-42-31(21-57-37)35(46)41-28(17-25(7)39(49)50)18-27-13-15-29(16-14-27)55-56(51,52)53/h13-16,20-25,28,30,32-34H,12,17-19H2,1-11H3,(H,41,46)(H,49,50)(H2,51,52,53)/b40-20+/t24-,25?,28+,30?,32+,33+,34?/m0/s1. The Hall–Kier alpha value is -4.02. The van der Waals surface area contributed by atoms with Crippen LogP contribution in [0.4, 0.5) is 0 Å². The minimum Gasteiger partial charge on any atom is -0.481 e. The van der Waals surface area contributed by atoms with Crippen LogP contribution in [0.1, 0.15) is 102 Å². The van der Waals surface area contributed by atoms with Gasteiger partial charge in [0.2, 0.25) is 5.91 Å². The summed E-state index contributed by atoms with van der Waals surface area (Å²) in [5.41, 5.74) is 0.663. The number of hydrogen-bond donors (Lipinski definition) is 4. The van der Waals surface area contributed by atoms with Crippen LogP contribution in [0, 0.1) is 29.6 Å². The van der Waals surface area contributed by atoms with Gasteiger partial charge in [0.25, 0.3) is 11.8 Å². The summed E-state index contributed by atoms with van der Waals surface area (Å²) in [6.45, 7) is 14.4. The van der Waals surface area contributed by atoms with Crippen molar-refractivity contribution in [2.75, 3.05) is 21.1 Å². The second kappa shape index (κ2) is 22.2. The Morgan fingerprint density at radius 3 is 2.09 bits per heavy atom. The molecule has 0 saturated heterocycles. The number of likely N-dealkylation sites (N-methyl/N-ethyl adjacent to an activating group) is 1. The van der Waals surface area contributed by atoms with E-state index in [4.69, 9.17) is 14.5 Å². The number of carbonyl (C=O) groups is 5. The van der Waals surface area contributed by atoms with Crippen molar-refractivity contribution in [2.24, 2.45) is 34.6 Å². The highest BCUT2D eigenvalue weighted by molar-refractivity contribution is 7.46. The van der Waals surface area contributed by atoms with Crippen LogP contribution in [-0.2, 0) is 34.9 Å². The molecule has 2 rings (SSSR count). The molecule has 3 unspecified atom stereocenters. The molecule has 0 spiro atoms.